The van der Waals surface area contributed by atoms with Crippen molar-refractivity contribution < 1.29 is 13.9 Å². The Bertz CT molecular complexity index is 413. The summed E-state index contributed by atoms with van der Waals surface area (Å²) in [5, 5.41) is 2.66. The molecule has 0 aliphatic heterocycles. The van der Waals surface area contributed by atoms with E-state index in [1.54, 1.807) is 0 Å². The number of rotatable bonds is 3. The number of carbonyl (C=O) groups excluding carboxylic acids is 1. The normalized spacial score (nSPS) is 26.7. The van der Waals surface area contributed by atoms with Gasteiger partial charge in [-0.25, -0.2) is 9.18 Å². The molecule has 1 amide bonds. The maximum absolute atomic E-state index is 13.4. The van der Waals surface area contributed by atoms with Crippen molar-refractivity contribution in [3.63, 3.8) is 0 Å². The molecular formula is C14H19FN2O2. The van der Waals surface area contributed by atoms with Crippen molar-refractivity contribution in [2.45, 2.75) is 44.1 Å². The first-order valence-corrected chi connectivity index (χ1v) is 6.53. The lowest BCUT2D eigenvalue weighted by molar-refractivity contribution is 0.0432. The Morgan fingerprint density at radius 2 is 2.11 bits per heavy atom. The number of alkyl carbamates (subject to hydrolysis) is 1. The number of hydrogen-bond acceptors (Lipinski definition) is 3. The van der Waals surface area contributed by atoms with E-state index in [9.17, 15) is 9.18 Å². The van der Waals surface area contributed by atoms with Gasteiger partial charge in [-0.1, -0.05) is 30.3 Å². The zero-order valence-corrected chi connectivity index (χ0v) is 10.7. The summed E-state index contributed by atoms with van der Waals surface area (Å²) in [6, 6.07) is 9.12. The molecule has 0 aromatic heterocycles. The minimum Gasteiger partial charge on any atom is -0.446 e. The highest BCUT2D eigenvalue weighted by molar-refractivity contribution is 5.67. The number of ether oxygens (including phenoxy) is 1. The Morgan fingerprint density at radius 1 is 1.37 bits per heavy atom. The first-order chi connectivity index (χ1) is 9.15. The highest BCUT2D eigenvalue weighted by atomic mass is 19.1. The van der Waals surface area contributed by atoms with Gasteiger partial charge in [-0.05, 0) is 18.4 Å². The standard InChI is InChI=1S/C14H19FN2O2/c15-12-8-11(6-7-13(12)16)19-14(18)17-9-10-4-2-1-3-5-10/h1-5,11-13H,6-9,16H2,(H,17,18)/t11-,12+,13-/m1/s1. The van der Waals surface area contributed by atoms with E-state index in [1.807, 2.05) is 30.3 Å². The van der Waals surface area contributed by atoms with Crippen LogP contribution in [-0.4, -0.2) is 24.4 Å². The summed E-state index contributed by atoms with van der Waals surface area (Å²) in [6.07, 6.45) is -0.583. The third-order valence-electron chi connectivity index (χ3n) is 3.33. The monoisotopic (exact) mass is 266 g/mol. The van der Waals surface area contributed by atoms with Crippen molar-refractivity contribution in [1.29, 1.82) is 0 Å². The van der Waals surface area contributed by atoms with Crippen molar-refractivity contribution in [2.75, 3.05) is 0 Å². The molecule has 1 saturated carbocycles. The van der Waals surface area contributed by atoms with Gasteiger partial charge in [0.25, 0.3) is 0 Å². The molecule has 5 heteroatoms. The van der Waals surface area contributed by atoms with Gasteiger partial charge < -0.3 is 15.8 Å². The lowest BCUT2D eigenvalue weighted by Crippen LogP contribution is -2.41. The zero-order chi connectivity index (χ0) is 13.7. The average molecular weight is 266 g/mol. The molecule has 104 valence electrons. The van der Waals surface area contributed by atoms with Crippen LogP contribution in [0.25, 0.3) is 0 Å². The van der Waals surface area contributed by atoms with E-state index in [2.05, 4.69) is 5.32 Å². The predicted octanol–water partition coefficient (Wildman–Crippen LogP) is 2.13. The van der Waals surface area contributed by atoms with Crippen LogP contribution in [0.1, 0.15) is 24.8 Å². The molecule has 0 bridgehead atoms. The van der Waals surface area contributed by atoms with Crippen LogP contribution in [0, 0.1) is 0 Å². The second-order valence-corrected chi connectivity index (χ2v) is 4.86. The second kappa shape index (κ2) is 6.52. The molecule has 0 unspecified atom stereocenters. The molecule has 1 aliphatic carbocycles. The fourth-order valence-corrected chi connectivity index (χ4v) is 2.17. The van der Waals surface area contributed by atoms with E-state index in [0.29, 0.717) is 19.4 Å². The van der Waals surface area contributed by atoms with E-state index in [4.69, 9.17) is 10.5 Å². The average Bonchev–Trinajstić information content (AvgIpc) is 2.42. The van der Waals surface area contributed by atoms with Crippen LogP contribution in [0.2, 0.25) is 0 Å². The molecule has 3 atom stereocenters. The van der Waals surface area contributed by atoms with E-state index in [-0.39, 0.29) is 12.5 Å². The lowest BCUT2D eigenvalue weighted by Gasteiger charge is -2.28. The first-order valence-electron chi connectivity index (χ1n) is 6.53. The number of amides is 1. The molecule has 1 aromatic rings. The minimum atomic E-state index is -1.08. The topological polar surface area (TPSA) is 64.3 Å². The van der Waals surface area contributed by atoms with Crippen molar-refractivity contribution in [3.8, 4) is 0 Å². The van der Waals surface area contributed by atoms with Crippen LogP contribution < -0.4 is 11.1 Å². The van der Waals surface area contributed by atoms with Gasteiger partial charge >= 0.3 is 6.09 Å². The van der Waals surface area contributed by atoms with Crippen LogP contribution >= 0.6 is 0 Å². The fourth-order valence-electron chi connectivity index (χ4n) is 2.17. The molecule has 4 nitrogen and oxygen atoms in total. The minimum absolute atomic E-state index is 0.194. The van der Waals surface area contributed by atoms with Crippen LogP contribution in [0.5, 0.6) is 0 Å². The number of alkyl halides is 1. The number of halogens is 1. The van der Waals surface area contributed by atoms with Crippen molar-refractivity contribution in [2.24, 2.45) is 5.73 Å². The number of nitrogens with one attached hydrogen (secondary N) is 1. The van der Waals surface area contributed by atoms with Gasteiger partial charge in [0.05, 0.1) is 0 Å². The molecule has 0 radical (unpaired) electrons. The Hall–Kier alpha value is -1.62. The van der Waals surface area contributed by atoms with Crippen molar-refractivity contribution >= 4 is 6.09 Å². The van der Waals surface area contributed by atoms with Crippen LogP contribution in [0.15, 0.2) is 30.3 Å². The summed E-state index contributed by atoms with van der Waals surface area (Å²) < 4.78 is 18.6. The maximum Gasteiger partial charge on any atom is 0.407 e. The Morgan fingerprint density at radius 3 is 2.79 bits per heavy atom. The maximum atomic E-state index is 13.4. The molecule has 1 aromatic carbocycles. The molecule has 2 rings (SSSR count). The Balaban J connectivity index is 1.73. The smallest absolute Gasteiger partial charge is 0.407 e. The summed E-state index contributed by atoms with van der Waals surface area (Å²) in [6.45, 7) is 0.408. The van der Waals surface area contributed by atoms with Gasteiger partial charge in [0.1, 0.15) is 12.3 Å². The largest absolute Gasteiger partial charge is 0.446 e. The van der Waals surface area contributed by atoms with E-state index >= 15 is 0 Å². The van der Waals surface area contributed by atoms with Crippen LogP contribution in [0.3, 0.4) is 0 Å². The molecular weight excluding hydrogens is 247 g/mol. The Kier molecular flexibility index (Phi) is 4.74. The summed E-state index contributed by atoms with van der Waals surface area (Å²) in [4.78, 5) is 11.6. The van der Waals surface area contributed by atoms with Gasteiger partial charge in [0, 0.05) is 19.0 Å². The molecule has 0 heterocycles. The van der Waals surface area contributed by atoms with Crippen LogP contribution in [-0.2, 0) is 11.3 Å². The zero-order valence-electron chi connectivity index (χ0n) is 10.7. The van der Waals surface area contributed by atoms with Gasteiger partial charge in [0.15, 0.2) is 0 Å². The highest BCUT2D eigenvalue weighted by Crippen LogP contribution is 2.22. The highest BCUT2D eigenvalue weighted by Gasteiger charge is 2.30. The van der Waals surface area contributed by atoms with E-state index in [1.165, 1.54) is 0 Å². The molecule has 3 N–H and O–H groups in total. The Labute approximate surface area is 112 Å². The molecule has 0 spiro atoms. The lowest BCUT2D eigenvalue weighted by atomic mass is 9.92. The number of benzene rings is 1. The third kappa shape index (κ3) is 4.21. The number of hydrogen-bond donors (Lipinski definition) is 2. The summed E-state index contributed by atoms with van der Waals surface area (Å²) >= 11 is 0. The molecule has 1 fully saturated rings. The van der Waals surface area contributed by atoms with Gasteiger partial charge in [0.2, 0.25) is 0 Å². The van der Waals surface area contributed by atoms with Crippen molar-refractivity contribution in [1.82, 2.24) is 5.32 Å². The summed E-state index contributed by atoms with van der Waals surface area (Å²) in [5.41, 5.74) is 6.57. The fraction of sp³-hybridized carbons (Fsp3) is 0.500. The third-order valence-corrected chi connectivity index (χ3v) is 3.33. The summed E-state index contributed by atoms with van der Waals surface area (Å²) in [5.74, 6) is 0. The number of carbonyl (C=O) groups is 1. The van der Waals surface area contributed by atoms with Crippen molar-refractivity contribution in [3.05, 3.63) is 35.9 Å². The molecule has 1 aliphatic rings. The predicted molar refractivity (Wildman–Crippen MR) is 70.3 cm³/mol. The van der Waals surface area contributed by atoms with Crippen LogP contribution in [0.4, 0.5) is 9.18 Å². The number of nitrogens with two attached hydrogens (primary N) is 1. The van der Waals surface area contributed by atoms with E-state index in [0.717, 1.165) is 5.56 Å². The summed E-state index contributed by atoms with van der Waals surface area (Å²) in [7, 11) is 0. The SMILES string of the molecule is N[C@@H]1CC[C@@H](OC(=O)NCc2ccccc2)C[C@@H]1F. The van der Waals surface area contributed by atoms with E-state index < -0.39 is 18.3 Å². The second-order valence-electron chi connectivity index (χ2n) is 4.86. The quantitative estimate of drug-likeness (QED) is 0.881. The van der Waals surface area contributed by atoms with Gasteiger partial charge in [-0.3, -0.25) is 0 Å². The molecule has 0 saturated heterocycles. The molecule has 19 heavy (non-hydrogen) atoms. The van der Waals surface area contributed by atoms with Gasteiger partial charge in [-0.15, -0.1) is 0 Å². The first kappa shape index (κ1) is 13.8. The van der Waals surface area contributed by atoms with Gasteiger partial charge in [-0.2, -0.15) is 0 Å².